The van der Waals surface area contributed by atoms with E-state index in [9.17, 15) is 9.18 Å². The van der Waals surface area contributed by atoms with Gasteiger partial charge in [0.25, 0.3) is 5.91 Å². The van der Waals surface area contributed by atoms with Gasteiger partial charge in [0.2, 0.25) is 0 Å². The van der Waals surface area contributed by atoms with Gasteiger partial charge in [-0.05, 0) is 67.6 Å². The standard InChI is InChI=1S/C21H15Cl2FN4O2/c1-12(30-20-9-2-13(22)10-17(20)23)21(29)25-15-5-8-18-19(11-15)27-28(26-18)16-6-3-14(24)4-7-16/h2-12H,1H3,(H,25,29)/t12-/m1/s1. The van der Waals surface area contributed by atoms with Crippen molar-refractivity contribution >= 4 is 45.8 Å². The zero-order valence-corrected chi connectivity index (χ0v) is 17.2. The number of aromatic nitrogens is 3. The SMILES string of the molecule is C[C@@H](Oc1ccc(Cl)cc1Cl)C(=O)Nc1ccc2nn(-c3ccc(F)cc3)nc2c1. The quantitative estimate of drug-likeness (QED) is 0.454. The fourth-order valence-electron chi connectivity index (χ4n) is 2.74. The van der Waals surface area contributed by atoms with Crippen LogP contribution in [0.5, 0.6) is 5.75 Å². The molecule has 1 heterocycles. The van der Waals surface area contributed by atoms with Gasteiger partial charge in [0.1, 0.15) is 22.6 Å². The Kier molecular flexibility index (Phi) is 5.57. The Bertz CT molecular complexity index is 1230. The highest BCUT2D eigenvalue weighted by atomic mass is 35.5. The molecule has 0 fully saturated rings. The topological polar surface area (TPSA) is 69.0 Å². The van der Waals surface area contributed by atoms with Gasteiger partial charge >= 0.3 is 0 Å². The molecule has 0 aliphatic heterocycles. The Morgan fingerprint density at radius 2 is 1.77 bits per heavy atom. The predicted molar refractivity (Wildman–Crippen MR) is 114 cm³/mol. The average Bonchev–Trinajstić information content (AvgIpc) is 3.14. The summed E-state index contributed by atoms with van der Waals surface area (Å²) in [5.41, 5.74) is 2.37. The van der Waals surface area contributed by atoms with E-state index in [2.05, 4.69) is 15.5 Å². The Morgan fingerprint density at radius 3 is 2.50 bits per heavy atom. The summed E-state index contributed by atoms with van der Waals surface area (Å²) in [6, 6.07) is 15.8. The van der Waals surface area contributed by atoms with Crippen LogP contribution < -0.4 is 10.1 Å². The van der Waals surface area contributed by atoms with Crippen molar-refractivity contribution in [1.29, 1.82) is 0 Å². The zero-order valence-electron chi connectivity index (χ0n) is 15.6. The maximum absolute atomic E-state index is 13.1. The second kappa shape index (κ2) is 8.30. The number of rotatable bonds is 5. The van der Waals surface area contributed by atoms with Gasteiger partial charge in [0.05, 0.1) is 10.7 Å². The van der Waals surface area contributed by atoms with Crippen LogP contribution in [0.3, 0.4) is 0 Å². The van der Waals surface area contributed by atoms with E-state index in [1.54, 1.807) is 55.5 Å². The molecule has 0 radical (unpaired) electrons. The zero-order chi connectivity index (χ0) is 21.3. The van der Waals surface area contributed by atoms with E-state index < -0.39 is 6.10 Å². The van der Waals surface area contributed by atoms with Crippen LogP contribution in [0.15, 0.2) is 60.7 Å². The largest absolute Gasteiger partial charge is 0.479 e. The number of nitrogens with one attached hydrogen (secondary N) is 1. The fraction of sp³-hybridized carbons (Fsp3) is 0.0952. The summed E-state index contributed by atoms with van der Waals surface area (Å²) in [7, 11) is 0. The molecule has 0 bridgehead atoms. The minimum Gasteiger partial charge on any atom is -0.479 e. The predicted octanol–water partition coefficient (Wildman–Crippen LogP) is 5.27. The van der Waals surface area contributed by atoms with Gasteiger partial charge in [-0.2, -0.15) is 4.80 Å². The molecule has 0 spiro atoms. The second-order valence-electron chi connectivity index (χ2n) is 6.49. The number of ether oxygens (including phenoxy) is 1. The molecule has 4 rings (SSSR count). The lowest BCUT2D eigenvalue weighted by Crippen LogP contribution is -2.30. The number of fused-ring (bicyclic) bond motifs is 1. The highest BCUT2D eigenvalue weighted by Gasteiger charge is 2.17. The number of nitrogens with zero attached hydrogens (tertiary/aromatic N) is 3. The van der Waals surface area contributed by atoms with Crippen LogP contribution in [-0.2, 0) is 4.79 Å². The maximum Gasteiger partial charge on any atom is 0.265 e. The van der Waals surface area contributed by atoms with E-state index in [0.29, 0.717) is 38.2 Å². The molecule has 4 aromatic rings. The van der Waals surface area contributed by atoms with Crippen LogP contribution in [0.25, 0.3) is 16.7 Å². The van der Waals surface area contributed by atoms with Crippen LogP contribution in [0.1, 0.15) is 6.92 Å². The molecule has 0 aliphatic rings. The third kappa shape index (κ3) is 4.37. The molecule has 3 aromatic carbocycles. The van der Waals surface area contributed by atoms with Crippen LogP contribution in [-0.4, -0.2) is 27.0 Å². The molecule has 0 saturated carbocycles. The summed E-state index contributed by atoms with van der Waals surface area (Å²) < 4.78 is 18.7. The molecule has 0 aliphatic carbocycles. The van der Waals surface area contributed by atoms with Gasteiger partial charge < -0.3 is 10.1 Å². The van der Waals surface area contributed by atoms with E-state index in [-0.39, 0.29) is 11.7 Å². The van der Waals surface area contributed by atoms with Crippen LogP contribution >= 0.6 is 23.2 Å². The number of hydrogen-bond acceptors (Lipinski definition) is 4. The Hall–Kier alpha value is -3.16. The van der Waals surface area contributed by atoms with E-state index in [1.807, 2.05) is 0 Å². The first-order valence-electron chi connectivity index (χ1n) is 8.95. The lowest BCUT2D eigenvalue weighted by atomic mass is 10.2. The fourth-order valence-corrected chi connectivity index (χ4v) is 3.19. The highest BCUT2D eigenvalue weighted by molar-refractivity contribution is 6.35. The van der Waals surface area contributed by atoms with Crippen molar-refractivity contribution in [1.82, 2.24) is 15.0 Å². The van der Waals surface area contributed by atoms with Crippen LogP contribution in [0, 0.1) is 5.82 Å². The van der Waals surface area contributed by atoms with E-state index in [0.717, 1.165) is 0 Å². The maximum atomic E-state index is 13.1. The van der Waals surface area contributed by atoms with Crippen molar-refractivity contribution in [2.24, 2.45) is 0 Å². The summed E-state index contributed by atoms with van der Waals surface area (Å²) in [4.78, 5) is 13.9. The van der Waals surface area contributed by atoms with Crippen LogP contribution in [0.2, 0.25) is 10.0 Å². The van der Waals surface area contributed by atoms with E-state index in [1.165, 1.54) is 16.9 Å². The number of benzene rings is 3. The van der Waals surface area contributed by atoms with Crippen molar-refractivity contribution in [3.63, 3.8) is 0 Å². The second-order valence-corrected chi connectivity index (χ2v) is 7.34. The molecule has 0 unspecified atom stereocenters. The van der Waals surface area contributed by atoms with E-state index >= 15 is 0 Å². The number of halogens is 3. The van der Waals surface area contributed by atoms with Crippen LogP contribution in [0.4, 0.5) is 10.1 Å². The molecular weight excluding hydrogens is 430 g/mol. The van der Waals surface area contributed by atoms with Crippen molar-refractivity contribution in [3.8, 4) is 11.4 Å². The summed E-state index contributed by atoms with van der Waals surface area (Å²) in [6.45, 7) is 1.61. The van der Waals surface area contributed by atoms with Gasteiger partial charge in [-0.1, -0.05) is 23.2 Å². The number of carbonyl (C=O) groups excluding carboxylic acids is 1. The number of amides is 1. The Labute approximate surface area is 181 Å². The molecule has 1 amide bonds. The minimum absolute atomic E-state index is 0.320. The Balaban J connectivity index is 1.49. The summed E-state index contributed by atoms with van der Waals surface area (Å²) in [5, 5.41) is 12.3. The third-order valence-electron chi connectivity index (χ3n) is 4.27. The molecule has 0 saturated heterocycles. The van der Waals surface area contributed by atoms with Gasteiger partial charge in [0.15, 0.2) is 6.10 Å². The summed E-state index contributed by atoms with van der Waals surface area (Å²) in [5.74, 6) is -0.329. The molecular formula is C21H15Cl2FN4O2. The van der Waals surface area contributed by atoms with Gasteiger partial charge in [-0.3, -0.25) is 4.79 Å². The molecule has 152 valence electrons. The Morgan fingerprint density at radius 1 is 1.03 bits per heavy atom. The molecule has 1 N–H and O–H groups in total. The molecule has 6 nitrogen and oxygen atoms in total. The minimum atomic E-state index is -0.797. The van der Waals surface area contributed by atoms with Gasteiger partial charge in [0, 0.05) is 10.7 Å². The summed E-state index contributed by atoms with van der Waals surface area (Å²) >= 11 is 12.0. The third-order valence-corrected chi connectivity index (χ3v) is 4.80. The summed E-state index contributed by atoms with van der Waals surface area (Å²) in [6.07, 6.45) is -0.797. The van der Waals surface area contributed by atoms with Crippen molar-refractivity contribution in [3.05, 3.63) is 76.5 Å². The van der Waals surface area contributed by atoms with Crippen molar-refractivity contribution in [2.45, 2.75) is 13.0 Å². The normalized spacial score (nSPS) is 12.0. The first-order valence-corrected chi connectivity index (χ1v) is 9.70. The number of carbonyl (C=O) groups is 1. The number of hydrogen-bond donors (Lipinski definition) is 1. The molecule has 1 atom stereocenters. The molecule has 30 heavy (non-hydrogen) atoms. The van der Waals surface area contributed by atoms with Crippen molar-refractivity contribution < 1.29 is 13.9 Å². The molecule has 1 aromatic heterocycles. The monoisotopic (exact) mass is 444 g/mol. The smallest absolute Gasteiger partial charge is 0.265 e. The molecule has 9 heteroatoms. The lowest BCUT2D eigenvalue weighted by Gasteiger charge is -2.15. The first-order chi connectivity index (χ1) is 14.4. The lowest BCUT2D eigenvalue weighted by molar-refractivity contribution is -0.122. The van der Waals surface area contributed by atoms with Gasteiger partial charge in [-0.15, -0.1) is 10.2 Å². The van der Waals surface area contributed by atoms with Crippen molar-refractivity contribution in [2.75, 3.05) is 5.32 Å². The van der Waals surface area contributed by atoms with E-state index in [4.69, 9.17) is 27.9 Å². The number of anilines is 1. The first kappa shape index (κ1) is 20.1. The van der Waals surface area contributed by atoms with Gasteiger partial charge in [-0.25, -0.2) is 4.39 Å². The average molecular weight is 445 g/mol. The highest BCUT2D eigenvalue weighted by Crippen LogP contribution is 2.28.